The van der Waals surface area contributed by atoms with E-state index in [1.165, 1.54) is 5.41 Å². The summed E-state index contributed by atoms with van der Waals surface area (Å²) in [6, 6.07) is 6.86. The molecule has 0 bridgehead atoms. The van der Waals surface area contributed by atoms with Gasteiger partial charge in [0, 0.05) is 11.3 Å². The molecule has 0 aliphatic heterocycles. The smallest absolute Gasteiger partial charge is 0.124 e. The molecule has 1 aromatic rings. The van der Waals surface area contributed by atoms with Crippen molar-refractivity contribution in [1.29, 1.82) is 0 Å². The lowest BCUT2D eigenvalue weighted by atomic mass is 10.1. The van der Waals surface area contributed by atoms with Crippen LogP contribution in [0.3, 0.4) is 0 Å². The molecule has 2 nitrogen and oxygen atoms in total. The topological polar surface area (TPSA) is 46.2 Å². The minimum Gasteiger partial charge on any atom is -0.507 e. The Balaban J connectivity index is 3.14. The molecule has 1 rings (SSSR count). The summed E-state index contributed by atoms with van der Waals surface area (Å²) in [4.78, 5) is 0. The number of benzene rings is 1. The molecule has 0 spiro atoms. The molecule has 1 aromatic carbocycles. The van der Waals surface area contributed by atoms with E-state index >= 15 is 0 Å². The lowest BCUT2D eigenvalue weighted by molar-refractivity contribution is 0.473. The van der Waals surface area contributed by atoms with Crippen molar-refractivity contribution in [1.82, 2.24) is 0 Å². The van der Waals surface area contributed by atoms with Crippen LogP contribution in [0.2, 0.25) is 0 Å². The summed E-state index contributed by atoms with van der Waals surface area (Å²) >= 11 is 3.88. The Hall–Kier alpha value is -1.09. The van der Waals surface area contributed by atoms with Crippen LogP contribution in [0.1, 0.15) is 5.56 Å². The largest absolute Gasteiger partial charge is 0.507 e. The molecule has 11 heavy (non-hydrogen) atoms. The monoisotopic (exact) mass is 167 g/mol. The molecule has 0 aromatic heterocycles. The third-order valence-corrected chi connectivity index (χ3v) is 1.63. The first kappa shape index (κ1) is 8.01. The number of rotatable bonds is 1. The highest BCUT2D eigenvalue weighted by Crippen LogP contribution is 2.20. The highest BCUT2D eigenvalue weighted by molar-refractivity contribution is 7.83. The molecular formula is C8H9NOS. The Labute approximate surface area is 70.8 Å². The lowest BCUT2D eigenvalue weighted by Crippen LogP contribution is -1.94. The van der Waals surface area contributed by atoms with Gasteiger partial charge in [-0.2, -0.15) is 0 Å². The van der Waals surface area contributed by atoms with Crippen LogP contribution < -0.4 is 5.73 Å². The molecule has 3 N–H and O–H groups in total. The molecule has 0 aliphatic carbocycles. The summed E-state index contributed by atoms with van der Waals surface area (Å²) in [5, 5.41) is 10.7. The van der Waals surface area contributed by atoms with Crippen molar-refractivity contribution < 1.29 is 5.11 Å². The van der Waals surface area contributed by atoms with Crippen molar-refractivity contribution in [2.45, 2.75) is 0 Å². The minimum atomic E-state index is 0.176. The van der Waals surface area contributed by atoms with Crippen molar-refractivity contribution in [3.8, 4) is 5.75 Å². The third kappa shape index (κ3) is 1.68. The second-order valence-electron chi connectivity index (χ2n) is 2.10. The van der Waals surface area contributed by atoms with E-state index in [1.54, 1.807) is 24.3 Å². The van der Waals surface area contributed by atoms with Crippen LogP contribution in [0.5, 0.6) is 5.75 Å². The molecule has 0 saturated carbocycles. The van der Waals surface area contributed by atoms with Gasteiger partial charge in [-0.25, -0.2) is 0 Å². The highest BCUT2D eigenvalue weighted by Gasteiger charge is 1.99. The number of phenols is 1. The Morgan fingerprint density at radius 3 is 2.64 bits per heavy atom. The predicted octanol–water partition coefficient (Wildman–Crippen LogP) is 1.58. The number of hydrogen-bond acceptors (Lipinski definition) is 3. The minimum absolute atomic E-state index is 0.176. The van der Waals surface area contributed by atoms with Gasteiger partial charge in [0.1, 0.15) is 5.75 Å². The number of nitrogens with two attached hydrogens (primary N) is 1. The van der Waals surface area contributed by atoms with Crippen LogP contribution in [0.15, 0.2) is 29.7 Å². The maximum Gasteiger partial charge on any atom is 0.124 e. The maximum atomic E-state index is 9.26. The van der Waals surface area contributed by atoms with Crippen LogP contribution in [-0.2, 0) is 0 Å². The molecule has 0 radical (unpaired) electrons. The first-order chi connectivity index (χ1) is 5.25. The Morgan fingerprint density at radius 1 is 1.45 bits per heavy atom. The lowest BCUT2D eigenvalue weighted by Gasteiger charge is -2.01. The first-order valence-corrected chi connectivity index (χ1v) is 3.65. The van der Waals surface area contributed by atoms with Crippen LogP contribution in [0, 0.1) is 0 Å². The summed E-state index contributed by atoms with van der Waals surface area (Å²) in [5.74, 6) is 0.176. The molecule has 0 fully saturated rings. The Kier molecular flexibility index (Phi) is 2.44. The van der Waals surface area contributed by atoms with Gasteiger partial charge >= 0.3 is 0 Å². The van der Waals surface area contributed by atoms with E-state index in [0.717, 1.165) is 0 Å². The Bertz CT molecular complexity index is 283. The fourth-order valence-corrected chi connectivity index (χ4v) is 0.926. The van der Waals surface area contributed by atoms with Crippen molar-refractivity contribution in [3.63, 3.8) is 0 Å². The molecular weight excluding hydrogens is 158 g/mol. The van der Waals surface area contributed by atoms with Crippen molar-refractivity contribution >= 4 is 18.3 Å². The van der Waals surface area contributed by atoms with E-state index in [9.17, 15) is 5.11 Å². The summed E-state index contributed by atoms with van der Waals surface area (Å²) in [7, 11) is 0. The SMILES string of the molecule is N/C(=C\S)c1ccccc1O. The molecule has 3 heteroatoms. The number of phenolic OH excluding ortho intramolecular Hbond substituents is 1. The van der Waals surface area contributed by atoms with Crippen LogP contribution in [0.25, 0.3) is 5.70 Å². The molecule has 0 atom stereocenters. The average Bonchev–Trinajstić information content (AvgIpc) is 2.04. The van der Waals surface area contributed by atoms with Crippen molar-refractivity contribution in [2.75, 3.05) is 0 Å². The first-order valence-electron chi connectivity index (χ1n) is 3.14. The summed E-state index contributed by atoms with van der Waals surface area (Å²) in [5.41, 5.74) is 6.60. The van der Waals surface area contributed by atoms with Gasteiger partial charge < -0.3 is 10.8 Å². The van der Waals surface area contributed by atoms with E-state index < -0.39 is 0 Å². The van der Waals surface area contributed by atoms with Gasteiger partial charge in [0.05, 0.1) is 0 Å². The predicted molar refractivity (Wildman–Crippen MR) is 49.3 cm³/mol. The molecule has 0 amide bonds. The molecule has 58 valence electrons. The highest BCUT2D eigenvalue weighted by atomic mass is 32.1. The van der Waals surface area contributed by atoms with E-state index in [0.29, 0.717) is 11.3 Å². The van der Waals surface area contributed by atoms with E-state index in [4.69, 9.17) is 5.73 Å². The zero-order valence-electron chi connectivity index (χ0n) is 5.86. The van der Waals surface area contributed by atoms with Gasteiger partial charge in [0.15, 0.2) is 0 Å². The number of thiol groups is 1. The van der Waals surface area contributed by atoms with E-state index in [1.807, 2.05) is 0 Å². The van der Waals surface area contributed by atoms with Gasteiger partial charge in [-0.1, -0.05) is 12.1 Å². The molecule has 0 saturated heterocycles. The van der Waals surface area contributed by atoms with Gasteiger partial charge in [-0.3, -0.25) is 0 Å². The second-order valence-corrected chi connectivity index (χ2v) is 2.36. The zero-order valence-corrected chi connectivity index (χ0v) is 6.75. The second kappa shape index (κ2) is 3.34. The number of para-hydroxylation sites is 1. The van der Waals surface area contributed by atoms with Crippen molar-refractivity contribution in [2.24, 2.45) is 5.73 Å². The van der Waals surface area contributed by atoms with Gasteiger partial charge in [0.25, 0.3) is 0 Å². The third-order valence-electron chi connectivity index (χ3n) is 1.35. The van der Waals surface area contributed by atoms with Crippen LogP contribution >= 0.6 is 12.6 Å². The summed E-state index contributed by atoms with van der Waals surface area (Å²) in [6.07, 6.45) is 0. The zero-order chi connectivity index (χ0) is 8.27. The van der Waals surface area contributed by atoms with Gasteiger partial charge in [-0.05, 0) is 17.5 Å². The van der Waals surface area contributed by atoms with Crippen molar-refractivity contribution in [3.05, 3.63) is 35.2 Å². The van der Waals surface area contributed by atoms with Crippen LogP contribution in [-0.4, -0.2) is 5.11 Å². The quantitative estimate of drug-likeness (QED) is 0.556. The van der Waals surface area contributed by atoms with Crippen LogP contribution in [0.4, 0.5) is 0 Å². The summed E-state index contributed by atoms with van der Waals surface area (Å²) in [6.45, 7) is 0. The summed E-state index contributed by atoms with van der Waals surface area (Å²) < 4.78 is 0. The molecule has 0 unspecified atom stereocenters. The molecule has 0 heterocycles. The van der Waals surface area contributed by atoms with Gasteiger partial charge in [-0.15, -0.1) is 12.6 Å². The van der Waals surface area contributed by atoms with E-state index in [2.05, 4.69) is 12.6 Å². The number of aromatic hydroxyl groups is 1. The number of hydrogen-bond donors (Lipinski definition) is 3. The Morgan fingerprint density at radius 2 is 2.09 bits per heavy atom. The fourth-order valence-electron chi connectivity index (χ4n) is 0.787. The van der Waals surface area contributed by atoms with Gasteiger partial charge in [0.2, 0.25) is 0 Å². The standard InChI is InChI=1S/C8H9NOS/c9-7(5-11)6-3-1-2-4-8(6)10/h1-5,10-11H,9H2/b7-5-. The normalized spacial score (nSPS) is 11.5. The fraction of sp³-hybridized carbons (Fsp3) is 0. The average molecular weight is 167 g/mol. The molecule has 0 aliphatic rings. The van der Waals surface area contributed by atoms with E-state index in [-0.39, 0.29) is 5.75 Å². The maximum absolute atomic E-state index is 9.26.